The van der Waals surface area contributed by atoms with Gasteiger partial charge in [-0.05, 0) is 36.4 Å². The molecule has 3 aromatic rings. The van der Waals surface area contributed by atoms with E-state index in [1.54, 1.807) is 18.3 Å². The second-order valence-corrected chi connectivity index (χ2v) is 5.85. The highest BCUT2D eigenvalue weighted by Gasteiger charge is 2.09. The second-order valence-electron chi connectivity index (χ2n) is 4.87. The van der Waals surface area contributed by atoms with Crippen LogP contribution in [-0.4, -0.2) is 27.8 Å². The fourth-order valence-electron chi connectivity index (χ4n) is 1.97. The van der Waals surface area contributed by atoms with Gasteiger partial charge in [0.05, 0.1) is 0 Å². The van der Waals surface area contributed by atoms with Gasteiger partial charge in [-0.3, -0.25) is 10.3 Å². The average molecular weight is 343 g/mol. The van der Waals surface area contributed by atoms with Crippen LogP contribution in [0.25, 0.3) is 10.6 Å². The minimum atomic E-state index is -0.354. The lowest BCUT2D eigenvalue weighted by Crippen LogP contribution is -2.30. The lowest BCUT2D eigenvalue weighted by Gasteiger charge is -2.04. The summed E-state index contributed by atoms with van der Waals surface area (Å²) in [4.78, 5) is 16.0. The van der Waals surface area contributed by atoms with Crippen molar-refractivity contribution in [2.45, 2.75) is 6.42 Å². The third kappa shape index (κ3) is 4.32. The van der Waals surface area contributed by atoms with Crippen molar-refractivity contribution < 1.29 is 9.18 Å². The maximum Gasteiger partial charge on any atom is 0.321 e. The second kappa shape index (κ2) is 7.60. The Kier molecular flexibility index (Phi) is 5.07. The predicted octanol–water partition coefficient (Wildman–Crippen LogP) is 3.10. The van der Waals surface area contributed by atoms with Gasteiger partial charge in [0.25, 0.3) is 0 Å². The Morgan fingerprint density at radius 1 is 1.12 bits per heavy atom. The normalized spacial score (nSPS) is 10.4. The van der Waals surface area contributed by atoms with Crippen molar-refractivity contribution in [3.8, 4) is 10.6 Å². The summed E-state index contributed by atoms with van der Waals surface area (Å²) in [6.07, 6.45) is 2.36. The molecular formula is C16H14FN5OS. The monoisotopic (exact) mass is 343 g/mol. The van der Waals surface area contributed by atoms with Gasteiger partial charge >= 0.3 is 6.03 Å². The van der Waals surface area contributed by atoms with E-state index in [9.17, 15) is 9.18 Å². The molecule has 0 saturated carbocycles. The van der Waals surface area contributed by atoms with Crippen molar-refractivity contribution in [3.05, 3.63) is 60.2 Å². The van der Waals surface area contributed by atoms with Crippen molar-refractivity contribution in [1.82, 2.24) is 20.5 Å². The van der Waals surface area contributed by atoms with E-state index < -0.39 is 0 Å². The third-order valence-corrected chi connectivity index (χ3v) is 4.02. The first-order valence-electron chi connectivity index (χ1n) is 7.25. The molecule has 122 valence electrons. The number of rotatable bonds is 5. The maximum atomic E-state index is 12.9. The third-order valence-electron chi connectivity index (χ3n) is 3.13. The van der Waals surface area contributed by atoms with Crippen LogP contribution in [0.2, 0.25) is 0 Å². The van der Waals surface area contributed by atoms with Crippen molar-refractivity contribution in [2.75, 3.05) is 11.9 Å². The molecule has 0 aliphatic rings. The molecule has 2 N–H and O–H groups in total. The van der Waals surface area contributed by atoms with Crippen LogP contribution in [-0.2, 0) is 6.42 Å². The smallest absolute Gasteiger partial charge is 0.321 e. The van der Waals surface area contributed by atoms with Gasteiger partial charge in [0, 0.05) is 30.4 Å². The average Bonchev–Trinajstić information content (AvgIpc) is 3.05. The summed E-state index contributed by atoms with van der Waals surface area (Å²) in [5.74, 6) is -0.311. The first-order chi connectivity index (χ1) is 11.7. The van der Waals surface area contributed by atoms with Gasteiger partial charge in [0.1, 0.15) is 10.8 Å². The molecule has 8 heteroatoms. The first kappa shape index (κ1) is 16.0. The largest absolute Gasteiger partial charge is 0.337 e. The zero-order valence-corrected chi connectivity index (χ0v) is 13.4. The number of nitrogens with zero attached hydrogens (tertiary/aromatic N) is 3. The lowest BCUT2D eigenvalue weighted by atomic mass is 10.2. The van der Waals surface area contributed by atoms with E-state index in [-0.39, 0.29) is 11.8 Å². The van der Waals surface area contributed by atoms with Crippen molar-refractivity contribution in [2.24, 2.45) is 0 Å². The van der Waals surface area contributed by atoms with Crippen molar-refractivity contribution >= 4 is 22.5 Å². The Morgan fingerprint density at radius 2 is 1.96 bits per heavy atom. The van der Waals surface area contributed by atoms with E-state index in [0.29, 0.717) is 23.1 Å². The van der Waals surface area contributed by atoms with Gasteiger partial charge < -0.3 is 5.32 Å². The van der Waals surface area contributed by atoms with E-state index in [4.69, 9.17) is 0 Å². The molecule has 3 rings (SSSR count). The van der Waals surface area contributed by atoms with Crippen molar-refractivity contribution in [3.63, 3.8) is 0 Å². The summed E-state index contributed by atoms with van der Waals surface area (Å²) in [5, 5.41) is 14.3. The first-order valence-corrected chi connectivity index (χ1v) is 8.06. The zero-order chi connectivity index (χ0) is 16.8. The topological polar surface area (TPSA) is 79.8 Å². The fraction of sp³-hybridized carbons (Fsp3) is 0.125. The Hall–Kier alpha value is -2.87. The van der Waals surface area contributed by atoms with Crippen LogP contribution < -0.4 is 10.6 Å². The van der Waals surface area contributed by atoms with Crippen LogP contribution in [0.1, 0.15) is 5.69 Å². The molecule has 0 bridgehead atoms. The predicted molar refractivity (Wildman–Crippen MR) is 90.3 cm³/mol. The molecule has 0 spiro atoms. The number of hydrogen-bond donors (Lipinski definition) is 2. The number of pyridine rings is 1. The summed E-state index contributed by atoms with van der Waals surface area (Å²) >= 11 is 1.22. The Bertz CT molecular complexity index is 807. The molecule has 1 aromatic carbocycles. The molecule has 0 unspecified atom stereocenters. The highest BCUT2D eigenvalue weighted by Crippen LogP contribution is 2.26. The van der Waals surface area contributed by atoms with Gasteiger partial charge in [-0.15, -0.1) is 10.2 Å². The molecule has 0 aliphatic carbocycles. The highest BCUT2D eigenvalue weighted by atomic mass is 32.1. The Morgan fingerprint density at radius 3 is 2.71 bits per heavy atom. The van der Waals surface area contributed by atoms with Gasteiger partial charge in [0.2, 0.25) is 5.13 Å². The SMILES string of the molecule is O=C(NCCc1ccccn1)Nc1nnc(-c2ccc(F)cc2)s1. The quantitative estimate of drug-likeness (QED) is 0.746. The van der Waals surface area contributed by atoms with Gasteiger partial charge in [-0.1, -0.05) is 17.4 Å². The molecule has 0 aliphatic heterocycles. The zero-order valence-electron chi connectivity index (χ0n) is 12.6. The molecule has 2 amide bonds. The number of urea groups is 1. The number of nitrogens with one attached hydrogen (secondary N) is 2. The van der Waals surface area contributed by atoms with Crippen LogP contribution >= 0.6 is 11.3 Å². The van der Waals surface area contributed by atoms with Crippen LogP contribution in [0.4, 0.5) is 14.3 Å². The molecular weight excluding hydrogens is 329 g/mol. The summed E-state index contributed by atoms with van der Waals surface area (Å²) < 4.78 is 12.9. The Labute approximate surface area is 141 Å². The standard InChI is InChI=1S/C16H14FN5OS/c17-12-6-4-11(5-7-12)14-21-22-16(24-14)20-15(23)19-10-8-13-3-1-2-9-18-13/h1-7,9H,8,10H2,(H2,19,20,22,23). The van der Waals surface area contributed by atoms with Gasteiger partial charge in [-0.25, -0.2) is 9.18 Å². The number of carbonyl (C=O) groups excluding carboxylic acids is 1. The summed E-state index contributed by atoms with van der Waals surface area (Å²) in [5.41, 5.74) is 1.66. The number of benzene rings is 1. The maximum absolute atomic E-state index is 12.9. The van der Waals surface area contributed by atoms with E-state index >= 15 is 0 Å². The van der Waals surface area contributed by atoms with Crippen LogP contribution in [0.5, 0.6) is 0 Å². The highest BCUT2D eigenvalue weighted by molar-refractivity contribution is 7.18. The fourth-order valence-corrected chi connectivity index (χ4v) is 2.72. The van der Waals surface area contributed by atoms with E-state index in [0.717, 1.165) is 11.3 Å². The molecule has 2 heterocycles. The summed E-state index contributed by atoms with van der Waals surface area (Å²) in [6, 6.07) is 11.2. The molecule has 0 fully saturated rings. The molecule has 24 heavy (non-hydrogen) atoms. The minimum Gasteiger partial charge on any atom is -0.337 e. The Balaban J connectivity index is 1.51. The number of anilines is 1. The van der Waals surface area contributed by atoms with Gasteiger partial charge in [0.15, 0.2) is 0 Å². The van der Waals surface area contributed by atoms with Gasteiger partial charge in [-0.2, -0.15) is 0 Å². The van der Waals surface area contributed by atoms with E-state index in [2.05, 4.69) is 25.8 Å². The summed E-state index contributed by atoms with van der Waals surface area (Å²) in [7, 11) is 0. The van der Waals surface area contributed by atoms with E-state index in [1.807, 2.05) is 18.2 Å². The lowest BCUT2D eigenvalue weighted by molar-refractivity contribution is 0.252. The number of aromatic nitrogens is 3. The number of amides is 2. The minimum absolute atomic E-state index is 0.311. The summed E-state index contributed by atoms with van der Waals surface area (Å²) in [6.45, 7) is 0.465. The number of carbonyl (C=O) groups is 1. The molecule has 6 nitrogen and oxygen atoms in total. The number of hydrogen-bond acceptors (Lipinski definition) is 5. The molecule has 0 atom stereocenters. The van der Waals surface area contributed by atoms with Crippen molar-refractivity contribution in [1.29, 1.82) is 0 Å². The molecule has 0 radical (unpaired) electrons. The number of halogens is 1. The van der Waals surface area contributed by atoms with E-state index in [1.165, 1.54) is 23.5 Å². The molecule has 0 saturated heterocycles. The van der Waals surface area contributed by atoms with Crippen LogP contribution in [0, 0.1) is 5.82 Å². The van der Waals surface area contributed by atoms with Crippen LogP contribution in [0.3, 0.4) is 0 Å². The van der Waals surface area contributed by atoms with Crippen LogP contribution in [0.15, 0.2) is 48.7 Å². The molecule has 2 aromatic heterocycles.